The molecule has 122 valence electrons. The molecule has 0 aromatic heterocycles. The molecule has 1 fully saturated rings. The maximum Gasteiger partial charge on any atom is 0.182 e. The smallest absolute Gasteiger partial charge is 0.182 e. The molecule has 3 nitrogen and oxygen atoms in total. The fourth-order valence-corrected chi connectivity index (χ4v) is 5.57. The zero-order valence-corrected chi connectivity index (χ0v) is 14.4. The van der Waals surface area contributed by atoms with Gasteiger partial charge in [0.1, 0.15) is 0 Å². The molecule has 2 aromatic rings. The monoisotopic (exact) mass is 329 g/mol. The van der Waals surface area contributed by atoms with Crippen LogP contribution in [0.4, 0.5) is 0 Å². The average molecular weight is 329 g/mol. The Labute approximate surface area is 138 Å². The fraction of sp³-hybridized carbons (Fsp3) is 0.368. The third-order valence-electron chi connectivity index (χ3n) is 4.85. The Bertz CT molecular complexity index is 779. The van der Waals surface area contributed by atoms with Gasteiger partial charge in [-0.1, -0.05) is 48.9 Å². The number of sulfone groups is 1. The summed E-state index contributed by atoms with van der Waals surface area (Å²) in [7, 11) is -3.34. The number of aryl methyl sites for hydroxylation is 2. The van der Waals surface area contributed by atoms with Crippen LogP contribution in [0.1, 0.15) is 29.5 Å². The lowest BCUT2D eigenvalue weighted by molar-refractivity contribution is 0.591. The summed E-state index contributed by atoms with van der Waals surface area (Å²) in [5.41, 5.74) is 9.24. The van der Waals surface area contributed by atoms with Gasteiger partial charge in [0, 0.05) is 5.92 Å². The molecule has 1 aliphatic rings. The summed E-state index contributed by atoms with van der Waals surface area (Å²) in [5, 5.41) is -0.400. The number of hydrogen-bond donors (Lipinski definition) is 1. The first-order valence-electron chi connectivity index (χ1n) is 8.08. The Kier molecular flexibility index (Phi) is 4.30. The van der Waals surface area contributed by atoms with E-state index in [1.165, 1.54) is 5.56 Å². The molecule has 0 unspecified atom stereocenters. The van der Waals surface area contributed by atoms with Gasteiger partial charge in [0.15, 0.2) is 9.84 Å². The van der Waals surface area contributed by atoms with Gasteiger partial charge in [-0.15, -0.1) is 0 Å². The number of hydrogen-bond acceptors (Lipinski definition) is 3. The SMILES string of the molecule is CCc1ccc([C@@H]2[C@H](CN)[C@@H]2S(=O)(=O)c2ccc(C)cc2)cc1. The van der Waals surface area contributed by atoms with Crippen molar-refractivity contribution < 1.29 is 8.42 Å². The average Bonchev–Trinajstić information content (AvgIpc) is 3.31. The van der Waals surface area contributed by atoms with Crippen molar-refractivity contribution in [3.63, 3.8) is 0 Å². The second-order valence-corrected chi connectivity index (χ2v) is 8.45. The summed E-state index contributed by atoms with van der Waals surface area (Å²) in [6.45, 7) is 4.46. The van der Waals surface area contributed by atoms with Gasteiger partial charge in [0.05, 0.1) is 10.1 Å². The quantitative estimate of drug-likeness (QED) is 0.917. The van der Waals surface area contributed by atoms with Gasteiger partial charge in [-0.2, -0.15) is 0 Å². The van der Waals surface area contributed by atoms with E-state index in [2.05, 4.69) is 31.2 Å². The minimum Gasteiger partial charge on any atom is -0.330 e. The van der Waals surface area contributed by atoms with Crippen molar-refractivity contribution in [3.8, 4) is 0 Å². The van der Waals surface area contributed by atoms with Crippen LogP contribution in [0.25, 0.3) is 0 Å². The minimum atomic E-state index is -3.34. The van der Waals surface area contributed by atoms with E-state index >= 15 is 0 Å². The molecule has 3 atom stereocenters. The van der Waals surface area contributed by atoms with Crippen LogP contribution in [0, 0.1) is 12.8 Å². The van der Waals surface area contributed by atoms with Crippen molar-refractivity contribution in [1.82, 2.24) is 0 Å². The van der Waals surface area contributed by atoms with Crippen molar-refractivity contribution in [2.45, 2.75) is 36.3 Å². The zero-order valence-electron chi connectivity index (χ0n) is 13.6. The zero-order chi connectivity index (χ0) is 16.6. The van der Waals surface area contributed by atoms with Crippen LogP contribution in [0.2, 0.25) is 0 Å². The summed E-state index contributed by atoms with van der Waals surface area (Å²) < 4.78 is 25.9. The van der Waals surface area contributed by atoms with Crippen molar-refractivity contribution in [1.29, 1.82) is 0 Å². The lowest BCUT2D eigenvalue weighted by Gasteiger charge is -2.05. The molecular weight excluding hydrogens is 306 g/mol. The first-order valence-corrected chi connectivity index (χ1v) is 9.63. The van der Waals surface area contributed by atoms with Gasteiger partial charge in [-0.05, 0) is 49.1 Å². The molecule has 0 bridgehead atoms. The molecule has 0 amide bonds. The topological polar surface area (TPSA) is 60.2 Å². The van der Waals surface area contributed by atoms with Crippen molar-refractivity contribution in [3.05, 3.63) is 65.2 Å². The van der Waals surface area contributed by atoms with Gasteiger partial charge in [0.2, 0.25) is 0 Å². The Morgan fingerprint density at radius 3 is 2.13 bits per heavy atom. The first-order chi connectivity index (χ1) is 11.0. The van der Waals surface area contributed by atoms with E-state index in [4.69, 9.17) is 5.73 Å². The highest BCUT2D eigenvalue weighted by Gasteiger charge is 2.57. The van der Waals surface area contributed by atoms with E-state index in [-0.39, 0.29) is 11.8 Å². The molecule has 1 saturated carbocycles. The summed E-state index contributed by atoms with van der Waals surface area (Å²) in [5.74, 6) is 0.0194. The van der Waals surface area contributed by atoms with Crippen LogP contribution in [0.15, 0.2) is 53.4 Å². The Morgan fingerprint density at radius 1 is 1.00 bits per heavy atom. The predicted octanol–water partition coefficient (Wildman–Crippen LogP) is 3.07. The standard InChI is InChI=1S/C19H23NO2S/c1-3-14-6-8-15(9-7-14)18-17(12-20)19(18)23(21,22)16-10-4-13(2)5-11-16/h4-11,17-19H,3,12,20H2,1-2H3/t17-,18+,19-/m0/s1. The maximum atomic E-state index is 12.9. The molecule has 0 spiro atoms. The highest BCUT2D eigenvalue weighted by Crippen LogP contribution is 2.53. The molecule has 0 saturated heterocycles. The lowest BCUT2D eigenvalue weighted by atomic mass is 10.1. The van der Waals surface area contributed by atoms with E-state index in [0.29, 0.717) is 11.4 Å². The molecule has 4 heteroatoms. The van der Waals surface area contributed by atoms with Crippen LogP contribution in [0.5, 0.6) is 0 Å². The van der Waals surface area contributed by atoms with Gasteiger partial charge in [0.25, 0.3) is 0 Å². The number of rotatable bonds is 5. The normalized spacial score (nSPS) is 23.7. The first kappa shape index (κ1) is 16.2. The lowest BCUT2D eigenvalue weighted by Crippen LogP contribution is -2.13. The van der Waals surface area contributed by atoms with Crippen molar-refractivity contribution in [2.24, 2.45) is 11.7 Å². The molecule has 2 N–H and O–H groups in total. The fourth-order valence-electron chi connectivity index (χ4n) is 3.34. The Balaban J connectivity index is 1.90. The van der Waals surface area contributed by atoms with Crippen LogP contribution < -0.4 is 5.73 Å². The second-order valence-electron chi connectivity index (χ2n) is 6.34. The molecule has 23 heavy (non-hydrogen) atoms. The predicted molar refractivity (Wildman–Crippen MR) is 93.3 cm³/mol. The second kappa shape index (κ2) is 6.10. The van der Waals surface area contributed by atoms with E-state index in [1.54, 1.807) is 12.1 Å². The molecule has 0 radical (unpaired) electrons. The van der Waals surface area contributed by atoms with E-state index in [9.17, 15) is 8.42 Å². The van der Waals surface area contributed by atoms with Crippen LogP contribution in [-0.2, 0) is 16.3 Å². The molecule has 1 aliphatic carbocycles. The summed E-state index contributed by atoms with van der Waals surface area (Å²) >= 11 is 0. The maximum absolute atomic E-state index is 12.9. The van der Waals surface area contributed by atoms with Gasteiger partial charge in [-0.25, -0.2) is 8.42 Å². The minimum absolute atomic E-state index is 0.00813. The highest BCUT2D eigenvalue weighted by atomic mass is 32.2. The van der Waals surface area contributed by atoms with E-state index in [1.807, 2.05) is 19.1 Å². The van der Waals surface area contributed by atoms with Gasteiger partial charge in [-0.3, -0.25) is 0 Å². The Hall–Kier alpha value is -1.65. The number of nitrogens with two attached hydrogens (primary N) is 1. The third kappa shape index (κ3) is 2.93. The van der Waals surface area contributed by atoms with E-state index in [0.717, 1.165) is 17.5 Å². The molecular formula is C19H23NO2S. The van der Waals surface area contributed by atoms with Crippen LogP contribution >= 0.6 is 0 Å². The van der Waals surface area contributed by atoms with Crippen molar-refractivity contribution in [2.75, 3.05) is 6.54 Å². The van der Waals surface area contributed by atoms with Crippen LogP contribution in [0.3, 0.4) is 0 Å². The molecule has 3 rings (SSSR count). The summed E-state index contributed by atoms with van der Waals surface area (Å²) in [6.07, 6.45) is 0.982. The van der Waals surface area contributed by atoms with E-state index < -0.39 is 15.1 Å². The third-order valence-corrected chi connectivity index (χ3v) is 7.14. The summed E-state index contributed by atoms with van der Waals surface area (Å²) in [4.78, 5) is 0.402. The van der Waals surface area contributed by atoms with Gasteiger partial charge >= 0.3 is 0 Å². The van der Waals surface area contributed by atoms with Crippen LogP contribution in [-0.4, -0.2) is 20.2 Å². The molecule has 0 heterocycles. The highest BCUT2D eigenvalue weighted by molar-refractivity contribution is 7.92. The van der Waals surface area contributed by atoms with Crippen molar-refractivity contribution >= 4 is 9.84 Å². The molecule has 0 aliphatic heterocycles. The van der Waals surface area contributed by atoms with Gasteiger partial charge < -0.3 is 5.73 Å². The Morgan fingerprint density at radius 2 is 1.61 bits per heavy atom. The largest absolute Gasteiger partial charge is 0.330 e. The summed E-state index contributed by atoms with van der Waals surface area (Å²) in [6, 6.07) is 15.4. The molecule has 2 aromatic carbocycles. The number of benzene rings is 2.